The lowest BCUT2D eigenvalue weighted by molar-refractivity contribution is 1.19. The second kappa shape index (κ2) is 7.49. The van der Waals surface area contributed by atoms with Gasteiger partial charge >= 0.3 is 0 Å². The number of halogens is 1. The number of aryl methyl sites for hydroxylation is 2. The maximum atomic E-state index is 6.23. The summed E-state index contributed by atoms with van der Waals surface area (Å²) in [5.41, 5.74) is 6.06. The minimum absolute atomic E-state index is 0.771. The van der Waals surface area contributed by atoms with Crippen LogP contribution in [0.15, 0.2) is 77.0 Å². The predicted octanol–water partition coefficient (Wildman–Crippen LogP) is 7.14. The van der Waals surface area contributed by atoms with Gasteiger partial charge in [0.15, 0.2) is 0 Å². The van der Waals surface area contributed by atoms with Crippen molar-refractivity contribution >= 4 is 34.4 Å². The van der Waals surface area contributed by atoms with Crippen molar-refractivity contribution in [1.29, 1.82) is 0 Å². The maximum Gasteiger partial charge on any atom is 0.0858 e. The van der Waals surface area contributed by atoms with Gasteiger partial charge in [0.1, 0.15) is 0 Å². The third-order valence-electron chi connectivity index (χ3n) is 4.09. The van der Waals surface area contributed by atoms with E-state index in [1.54, 1.807) is 0 Å². The number of hydrogen-bond donors (Lipinski definition) is 0. The Morgan fingerprint density at radius 3 is 1.80 bits per heavy atom. The van der Waals surface area contributed by atoms with Crippen LogP contribution >= 0.6 is 11.6 Å². The van der Waals surface area contributed by atoms with Crippen LogP contribution in [0.1, 0.15) is 11.1 Å². The van der Waals surface area contributed by atoms with E-state index in [4.69, 9.17) is 11.6 Å². The molecule has 0 unspecified atom stereocenters. The molecule has 0 bridgehead atoms. The van der Waals surface area contributed by atoms with Crippen molar-refractivity contribution < 1.29 is 0 Å². The number of rotatable bonds is 4. The first-order valence-electron chi connectivity index (χ1n) is 8.11. The van der Waals surface area contributed by atoms with E-state index in [9.17, 15) is 0 Å². The molecule has 0 atom stereocenters. The molecule has 0 aliphatic carbocycles. The standard InChI is InChI=1S/C21H20ClN3/c1-15-4-7-17(8-5-15)23-24-18-9-12-19(13-10-18)25(3)20-11-6-16(2)21(22)14-20/h4-14H,1-3H3. The molecule has 0 saturated heterocycles. The average molecular weight is 350 g/mol. The second-order valence-electron chi connectivity index (χ2n) is 6.04. The fourth-order valence-corrected chi connectivity index (χ4v) is 2.58. The molecule has 3 rings (SSSR count). The second-order valence-corrected chi connectivity index (χ2v) is 6.45. The number of anilines is 2. The zero-order chi connectivity index (χ0) is 17.8. The van der Waals surface area contributed by atoms with Gasteiger partial charge in [0.25, 0.3) is 0 Å². The molecule has 0 fully saturated rings. The molecule has 0 radical (unpaired) electrons. The molecule has 4 heteroatoms. The fraction of sp³-hybridized carbons (Fsp3) is 0.143. The van der Waals surface area contributed by atoms with E-state index in [0.29, 0.717) is 0 Å². The Bertz CT molecular complexity index is 884. The molecule has 126 valence electrons. The normalized spacial score (nSPS) is 11.0. The smallest absolute Gasteiger partial charge is 0.0858 e. The van der Waals surface area contributed by atoms with Gasteiger partial charge in [-0.3, -0.25) is 0 Å². The van der Waals surface area contributed by atoms with E-state index in [0.717, 1.165) is 33.3 Å². The molecule has 3 aromatic carbocycles. The Morgan fingerprint density at radius 1 is 0.720 bits per heavy atom. The number of hydrogen-bond acceptors (Lipinski definition) is 3. The van der Waals surface area contributed by atoms with Gasteiger partial charge in [0, 0.05) is 23.4 Å². The van der Waals surface area contributed by atoms with Crippen molar-refractivity contribution in [3.8, 4) is 0 Å². The topological polar surface area (TPSA) is 28.0 Å². The highest BCUT2D eigenvalue weighted by Crippen LogP contribution is 2.29. The summed E-state index contributed by atoms with van der Waals surface area (Å²) in [5, 5.41) is 9.33. The molecule has 0 amide bonds. The summed E-state index contributed by atoms with van der Waals surface area (Å²) in [7, 11) is 2.02. The lowest BCUT2D eigenvalue weighted by Crippen LogP contribution is -2.09. The first-order valence-corrected chi connectivity index (χ1v) is 8.49. The van der Waals surface area contributed by atoms with Gasteiger partial charge in [-0.25, -0.2) is 0 Å². The zero-order valence-electron chi connectivity index (χ0n) is 14.6. The summed E-state index contributed by atoms with van der Waals surface area (Å²) in [6.45, 7) is 4.05. The van der Waals surface area contributed by atoms with Crippen molar-refractivity contribution in [2.45, 2.75) is 13.8 Å². The molecule has 25 heavy (non-hydrogen) atoms. The van der Waals surface area contributed by atoms with E-state index in [-0.39, 0.29) is 0 Å². The largest absolute Gasteiger partial charge is 0.345 e. The summed E-state index contributed by atoms with van der Waals surface area (Å²) >= 11 is 6.23. The molecule has 0 saturated carbocycles. The highest BCUT2D eigenvalue weighted by Gasteiger charge is 2.06. The van der Waals surface area contributed by atoms with E-state index in [2.05, 4.69) is 28.1 Å². The van der Waals surface area contributed by atoms with Gasteiger partial charge in [-0.1, -0.05) is 35.4 Å². The Labute approximate surface area is 153 Å². The van der Waals surface area contributed by atoms with Crippen LogP contribution in [-0.2, 0) is 0 Å². The highest BCUT2D eigenvalue weighted by atomic mass is 35.5. The van der Waals surface area contributed by atoms with E-state index in [1.807, 2.05) is 74.6 Å². The van der Waals surface area contributed by atoms with Crippen LogP contribution in [0.5, 0.6) is 0 Å². The van der Waals surface area contributed by atoms with Crippen LogP contribution in [0.2, 0.25) is 5.02 Å². The van der Waals surface area contributed by atoms with Crippen LogP contribution in [0, 0.1) is 13.8 Å². The molecule has 3 nitrogen and oxygen atoms in total. The Hall–Kier alpha value is -2.65. The fourth-order valence-electron chi connectivity index (χ4n) is 2.41. The Balaban J connectivity index is 1.75. The van der Waals surface area contributed by atoms with Crippen molar-refractivity contribution in [2.75, 3.05) is 11.9 Å². The molecular weight excluding hydrogens is 330 g/mol. The van der Waals surface area contributed by atoms with Crippen molar-refractivity contribution in [3.63, 3.8) is 0 Å². The molecule has 0 N–H and O–H groups in total. The Kier molecular flexibility index (Phi) is 5.15. The lowest BCUT2D eigenvalue weighted by Gasteiger charge is -2.20. The van der Waals surface area contributed by atoms with E-state index >= 15 is 0 Å². The van der Waals surface area contributed by atoms with Crippen LogP contribution in [0.4, 0.5) is 22.7 Å². The van der Waals surface area contributed by atoms with Crippen molar-refractivity contribution in [2.24, 2.45) is 10.2 Å². The minimum atomic E-state index is 0.771. The SMILES string of the molecule is Cc1ccc(N=Nc2ccc(N(C)c3ccc(C)c(Cl)c3)cc2)cc1. The first-order chi connectivity index (χ1) is 12.0. The lowest BCUT2D eigenvalue weighted by atomic mass is 10.2. The minimum Gasteiger partial charge on any atom is -0.345 e. The van der Waals surface area contributed by atoms with Gasteiger partial charge < -0.3 is 4.90 Å². The van der Waals surface area contributed by atoms with Gasteiger partial charge in [0.05, 0.1) is 11.4 Å². The zero-order valence-corrected chi connectivity index (χ0v) is 15.3. The van der Waals surface area contributed by atoms with Crippen molar-refractivity contribution in [1.82, 2.24) is 0 Å². The quantitative estimate of drug-likeness (QED) is 0.460. The summed E-state index contributed by atoms with van der Waals surface area (Å²) in [4.78, 5) is 2.09. The van der Waals surface area contributed by atoms with Gasteiger partial charge in [0.2, 0.25) is 0 Å². The first kappa shape index (κ1) is 17.2. The summed E-state index contributed by atoms with van der Waals surface area (Å²) in [6.07, 6.45) is 0. The molecule has 0 heterocycles. The number of benzene rings is 3. The third kappa shape index (κ3) is 4.25. The van der Waals surface area contributed by atoms with E-state index < -0.39 is 0 Å². The highest BCUT2D eigenvalue weighted by molar-refractivity contribution is 6.31. The van der Waals surface area contributed by atoms with Crippen LogP contribution < -0.4 is 4.90 Å². The Morgan fingerprint density at radius 2 is 1.24 bits per heavy atom. The summed E-state index contributed by atoms with van der Waals surface area (Å²) < 4.78 is 0. The average Bonchev–Trinajstić information content (AvgIpc) is 2.63. The number of nitrogens with zero attached hydrogens (tertiary/aromatic N) is 3. The summed E-state index contributed by atoms with van der Waals surface area (Å²) in [5.74, 6) is 0. The molecule has 0 aliphatic rings. The van der Waals surface area contributed by atoms with Crippen LogP contribution in [0.3, 0.4) is 0 Å². The van der Waals surface area contributed by atoms with Gasteiger partial charge in [-0.05, 0) is 67.9 Å². The number of azo groups is 1. The third-order valence-corrected chi connectivity index (χ3v) is 4.50. The van der Waals surface area contributed by atoms with Crippen molar-refractivity contribution in [3.05, 3.63) is 82.9 Å². The molecule has 3 aromatic rings. The summed E-state index contributed by atoms with van der Waals surface area (Å²) in [6, 6.07) is 22.0. The van der Waals surface area contributed by atoms with Gasteiger partial charge in [-0.2, -0.15) is 10.2 Å². The molecule has 0 aliphatic heterocycles. The molecular formula is C21H20ClN3. The van der Waals surface area contributed by atoms with E-state index in [1.165, 1.54) is 5.56 Å². The molecule has 0 spiro atoms. The van der Waals surface area contributed by atoms with Gasteiger partial charge in [-0.15, -0.1) is 0 Å². The predicted molar refractivity (Wildman–Crippen MR) is 106 cm³/mol. The monoisotopic (exact) mass is 349 g/mol. The maximum absolute atomic E-state index is 6.23. The van der Waals surface area contributed by atoms with Crippen LogP contribution in [0.25, 0.3) is 0 Å². The van der Waals surface area contributed by atoms with Crippen LogP contribution in [-0.4, -0.2) is 7.05 Å². The molecule has 0 aromatic heterocycles.